The van der Waals surface area contributed by atoms with Crippen LogP contribution in [0.4, 0.5) is 13.2 Å². The smallest absolute Gasteiger partial charge is 0.142 e. The van der Waals surface area contributed by atoms with E-state index in [2.05, 4.69) is 0 Å². The van der Waals surface area contributed by atoms with Gasteiger partial charge in [0, 0.05) is 16.6 Å². The summed E-state index contributed by atoms with van der Waals surface area (Å²) in [6, 6.07) is 4.85. The molecule has 1 atom stereocenters. The van der Waals surface area contributed by atoms with Crippen LogP contribution >= 0.6 is 23.2 Å². The van der Waals surface area contributed by atoms with E-state index in [9.17, 15) is 13.2 Å². The lowest BCUT2D eigenvalue weighted by molar-refractivity contribution is 0.561. The summed E-state index contributed by atoms with van der Waals surface area (Å²) in [5, 5.41) is -0.117. The maximum Gasteiger partial charge on any atom is 0.142 e. The van der Waals surface area contributed by atoms with Crippen molar-refractivity contribution in [1.29, 1.82) is 0 Å². The minimum Gasteiger partial charge on any atom is -0.324 e. The Morgan fingerprint density at radius 2 is 1.65 bits per heavy atom. The summed E-state index contributed by atoms with van der Waals surface area (Å²) in [5.74, 6) is -1.91. The monoisotopic (exact) mass is 319 g/mol. The number of benzene rings is 2. The number of rotatable bonds is 3. The van der Waals surface area contributed by atoms with E-state index in [1.54, 1.807) is 0 Å². The van der Waals surface area contributed by atoms with Crippen molar-refractivity contribution in [2.75, 3.05) is 0 Å². The van der Waals surface area contributed by atoms with Gasteiger partial charge in [-0.2, -0.15) is 0 Å². The molecule has 6 heteroatoms. The van der Waals surface area contributed by atoms with Crippen LogP contribution in [-0.2, 0) is 6.42 Å². The zero-order valence-corrected chi connectivity index (χ0v) is 11.7. The average Bonchev–Trinajstić information content (AvgIpc) is 2.37. The molecule has 2 N–H and O–H groups in total. The molecule has 0 radical (unpaired) electrons. The molecule has 0 heterocycles. The van der Waals surface area contributed by atoms with E-state index in [1.807, 2.05) is 0 Å². The predicted octanol–water partition coefficient (Wildman–Crippen LogP) is 4.65. The fraction of sp³-hybridized carbons (Fsp3) is 0.143. The molecule has 106 valence electrons. The average molecular weight is 320 g/mol. The first kappa shape index (κ1) is 15.2. The molecule has 0 aliphatic rings. The van der Waals surface area contributed by atoms with E-state index < -0.39 is 23.5 Å². The van der Waals surface area contributed by atoms with Crippen molar-refractivity contribution in [3.05, 3.63) is 69.0 Å². The lowest BCUT2D eigenvalue weighted by Gasteiger charge is -2.14. The minimum absolute atomic E-state index is 0.00714. The number of nitrogens with two attached hydrogens (primary N) is 1. The van der Waals surface area contributed by atoms with E-state index in [1.165, 1.54) is 12.1 Å². The highest BCUT2D eigenvalue weighted by molar-refractivity contribution is 6.31. The van der Waals surface area contributed by atoms with Crippen LogP contribution in [0.25, 0.3) is 0 Å². The molecule has 20 heavy (non-hydrogen) atoms. The maximum atomic E-state index is 13.7. The second-order valence-electron chi connectivity index (χ2n) is 4.33. The summed E-state index contributed by atoms with van der Waals surface area (Å²) in [6.45, 7) is 0. The number of hydrogen-bond donors (Lipinski definition) is 1. The third kappa shape index (κ3) is 3.26. The van der Waals surface area contributed by atoms with Gasteiger partial charge < -0.3 is 5.73 Å². The van der Waals surface area contributed by atoms with Gasteiger partial charge in [-0.1, -0.05) is 29.3 Å². The molecule has 1 nitrogen and oxygen atoms in total. The van der Waals surface area contributed by atoms with Gasteiger partial charge in [0.1, 0.15) is 17.5 Å². The van der Waals surface area contributed by atoms with Gasteiger partial charge in [-0.15, -0.1) is 0 Å². The fourth-order valence-corrected chi connectivity index (χ4v) is 2.25. The number of hydrogen-bond acceptors (Lipinski definition) is 1. The van der Waals surface area contributed by atoms with Crippen LogP contribution in [-0.4, -0.2) is 0 Å². The van der Waals surface area contributed by atoms with E-state index >= 15 is 0 Å². The highest BCUT2D eigenvalue weighted by Gasteiger charge is 2.16. The standard InChI is InChI=1S/C14H10Cl2F3N/c15-10-4-8(17)2-1-7(10)3-14(20)9-5-13(19)11(16)6-12(9)18/h1-2,4-6,14H,3,20H2. The molecule has 0 spiro atoms. The molecule has 0 saturated heterocycles. The van der Waals surface area contributed by atoms with Crippen LogP contribution in [0, 0.1) is 17.5 Å². The Morgan fingerprint density at radius 1 is 0.950 bits per heavy atom. The Kier molecular flexibility index (Phi) is 4.58. The predicted molar refractivity (Wildman–Crippen MR) is 73.4 cm³/mol. The molecular formula is C14H10Cl2F3N. The van der Waals surface area contributed by atoms with Crippen molar-refractivity contribution >= 4 is 23.2 Å². The second kappa shape index (κ2) is 6.04. The Labute approximate surface area is 124 Å². The summed E-state index contributed by atoms with van der Waals surface area (Å²) in [4.78, 5) is 0. The van der Waals surface area contributed by atoms with Crippen LogP contribution in [0.1, 0.15) is 17.2 Å². The van der Waals surface area contributed by atoms with E-state index in [-0.39, 0.29) is 22.0 Å². The summed E-state index contributed by atoms with van der Waals surface area (Å²) in [6.07, 6.45) is 0.150. The third-order valence-electron chi connectivity index (χ3n) is 2.89. The fourth-order valence-electron chi connectivity index (χ4n) is 1.86. The SMILES string of the molecule is NC(Cc1ccc(F)cc1Cl)c1cc(F)c(Cl)cc1F. The van der Waals surface area contributed by atoms with Crippen LogP contribution in [0.2, 0.25) is 10.0 Å². The summed E-state index contributed by atoms with van der Waals surface area (Å²) < 4.78 is 40.0. The zero-order chi connectivity index (χ0) is 14.9. The molecule has 0 amide bonds. The highest BCUT2D eigenvalue weighted by Crippen LogP contribution is 2.27. The van der Waals surface area contributed by atoms with Gasteiger partial charge in [0.2, 0.25) is 0 Å². The molecule has 2 aromatic carbocycles. The Hall–Kier alpha value is -1.23. The first-order valence-electron chi connectivity index (χ1n) is 5.72. The van der Waals surface area contributed by atoms with Crippen LogP contribution in [0.3, 0.4) is 0 Å². The lowest BCUT2D eigenvalue weighted by Crippen LogP contribution is -2.15. The van der Waals surface area contributed by atoms with Gasteiger partial charge in [-0.05, 0) is 36.2 Å². The molecule has 0 fully saturated rings. The van der Waals surface area contributed by atoms with Crippen molar-refractivity contribution in [3.8, 4) is 0 Å². The molecule has 0 saturated carbocycles. The van der Waals surface area contributed by atoms with E-state index in [0.717, 1.165) is 18.2 Å². The quantitative estimate of drug-likeness (QED) is 0.818. The minimum atomic E-state index is -0.815. The first-order valence-corrected chi connectivity index (χ1v) is 6.48. The van der Waals surface area contributed by atoms with Crippen molar-refractivity contribution in [1.82, 2.24) is 0 Å². The molecule has 0 aliphatic carbocycles. The molecular weight excluding hydrogens is 310 g/mol. The van der Waals surface area contributed by atoms with Crippen molar-refractivity contribution in [2.24, 2.45) is 5.73 Å². The number of halogens is 5. The first-order chi connectivity index (χ1) is 9.38. The Morgan fingerprint density at radius 3 is 2.30 bits per heavy atom. The molecule has 0 bridgehead atoms. The van der Waals surface area contributed by atoms with Crippen molar-refractivity contribution < 1.29 is 13.2 Å². The Balaban J connectivity index is 2.28. The summed E-state index contributed by atoms with van der Waals surface area (Å²) in [5.41, 5.74) is 6.40. The highest BCUT2D eigenvalue weighted by atomic mass is 35.5. The molecule has 2 rings (SSSR count). The zero-order valence-electron chi connectivity index (χ0n) is 10.1. The molecule has 1 unspecified atom stereocenters. The van der Waals surface area contributed by atoms with Crippen molar-refractivity contribution in [3.63, 3.8) is 0 Å². The van der Waals surface area contributed by atoms with Gasteiger partial charge in [-0.3, -0.25) is 0 Å². The van der Waals surface area contributed by atoms with Gasteiger partial charge in [0.15, 0.2) is 0 Å². The van der Waals surface area contributed by atoms with Crippen molar-refractivity contribution in [2.45, 2.75) is 12.5 Å². The van der Waals surface area contributed by atoms with E-state index in [4.69, 9.17) is 28.9 Å². The summed E-state index contributed by atoms with van der Waals surface area (Å²) >= 11 is 11.3. The van der Waals surface area contributed by atoms with Gasteiger partial charge in [0.25, 0.3) is 0 Å². The van der Waals surface area contributed by atoms with Gasteiger partial charge in [0.05, 0.1) is 5.02 Å². The van der Waals surface area contributed by atoms with Gasteiger partial charge >= 0.3 is 0 Å². The molecule has 0 aliphatic heterocycles. The molecule has 2 aromatic rings. The van der Waals surface area contributed by atoms with Gasteiger partial charge in [-0.25, -0.2) is 13.2 Å². The summed E-state index contributed by atoms with van der Waals surface area (Å²) in [7, 11) is 0. The van der Waals surface area contributed by atoms with Crippen LogP contribution in [0.15, 0.2) is 30.3 Å². The largest absolute Gasteiger partial charge is 0.324 e. The topological polar surface area (TPSA) is 26.0 Å². The lowest BCUT2D eigenvalue weighted by atomic mass is 9.99. The molecule has 0 aromatic heterocycles. The van der Waals surface area contributed by atoms with Crippen LogP contribution in [0.5, 0.6) is 0 Å². The normalized spacial score (nSPS) is 12.5. The van der Waals surface area contributed by atoms with E-state index in [0.29, 0.717) is 5.56 Å². The Bertz CT molecular complexity index is 647. The third-order valence-corrected chi connectivity index (χ3v) is 3.54. The maximum absolute atomic E-state index is 13.7. The second-order valence-corrected chi connectivity index (χ2v) is 5.15. The van der Waals surface area contributed by atoms with Crippen LogP contribution < -0.4 is 5.73 Å².